The number of carbonyl (C=O) groups is 1. The minimum Gasteiger partial charge on any atom is -0.289 e. The molecule has 3 heteroatoms. The van der Waals surface area contributed by atoms with Crippen LogP contribution in [0.2, 0.25) is 0 Å². The van der Waals surface area contributed by atoms with E-state index in [2.05, 4.69) is 5.43 Å². The molecule has 0 bridgehead atoms. The van der Waals surface area contributed by atoms with Gasteiger partial charge < -0.3 is 0 Å². The van der Waals surface area contributed by atoms with Crippen LogP contribution in [0.25, 0.3) is 0 Å². The van der Waals surface area contributed by atoms with E-state index in [0.29, 0.717) is 0 Å². The Morgan fingerprint density at radius 2 is 2.50 bits per heavy atom. The molecule has 0 aromatic heterocycles. The second-order valence-corrected chi connectivity index (χ2v) is 2.26. The lowest BCUT2D eigenvalue weighted by molar-refractivity contribution is -0.123. The molecule has 0 aliphatic carbocycles. The highest BCUT2D eigenvalue weighted by molar-refractivity contribution is 5.79. The van der Waals surface area contributed by atoms with Crippen molar-refractivity contribution < 1.29 is 4.79 Å². The molecule has 1 atom stereocenters. The molecule has 1 heterocycles. The number of nitrogens with zero attached hydrogens (tertiary/aromatic N) is 1. The molecule has 0 aromatic rings. The molecule has 1 aliphatic rings. The molecular weight excluding hydrogens is 104 g/mol. The van der Waals surface area contributed by atoms with Gasteiger partial charge in [-0.1, -0.05) is 6.92 Å². The van der Waals surface area contributed by atoms with E-state index in [9.17, 15) is 4.79 Å². The molecule has 1 N–H and O–H groups in total. The summed E-state index contributed by atoms with van der Waals surface area (Å²) in [6.45, 7) is 2.75. The van der Waals surface area contributed by atoms with Crippen molar-refractivity contribution in [2.24, 2.45) is 5.92 Å². The third kappa shape index (κ3) is 0.816. The summed E-state index contributed by atoms with van der Waals surface area (Å²) in [5.74, 6) is 0.299. The molecule has 0 aromatic carbocycles. The predicted octanol–water partition coefficient (Wildman–Crippen LogP) is -0.401. The second-order valence-electron chi connectivity index (χ2n) is 2.26. The molecule has 46 valence electrons. The van der Waals surface area contributed by atoms with Crippen LogP contribution in [-0.2, 0) is 4.79 Å². The third-order valence-electron chi connectivity index (χ3n) is 1.30. The highest BCUT2D eigenvalue weighted by atomic mass is 16.2. The summed E-state index contributed by atoms with van der Waals surface area (Å²) in [7, 11) is 1.86. The van der Waals surface area contributed by atoms with Gasteiger partial charge in [-0.25, -0.2) is 5.01 Å². The fraction of sp³-hybridized carbons (Fsp3) is 0.800. The first-order chi connectivity index (χ1) is 3.70. The number of nitrogens with one attached hydrogen (secondary N) is 1. The minimum atomic E-state index is 0.132. The summed E-state index contributed by atoms with van der Waals surface area (Å²) in [6, 6.07) is 0. The van der Waals surface area contributed by atoms with E-state index in [4.69, 9.17) is 0 Å². The van der Waals surface area contributed by atoms with Gasteiger partial charge >= 0.3 is 0 Å². The molecule has 1 aliphatic heterocycles. The van der Waals surface area contributed by atoms with Crippen molar-refractivity contribution in [3.8, 4) is 0 Å². The molecule has 1 rings (SSSR count). The van der Waals surface area contributed by atoms with Crippen molar-refractivity contribution in [1.29, 1.82) is 0 Å². The first kappa shape index (κ1) is 5.56. The van der Waals surface area contributed by atoms with Gasteiger partial charge in [0.2, 0.25) is 5.91 Å². The Bertz CT molecular complexity index is 113. The highest BCUT2D eigenvalue weighted by Gasteiger charge is 2.22. The second kappa shape index (κ2) is 1.74. The van der Waals surface area contributed by atoms with Crippen LogP contribution in [-0.4, -0.2) is 24.5 Å². The standard InChI is InChI=1S/C5H10N2O/c1-4-3-7(2)6-5(4)8/h4H,3H2,1-2H3,(H,6,8). The van der Waals surface area contributed by atoms with Crippen LogP contribution < -0.4 is 5.43 Å². The fourth-order valence-electron chi connectivity index (χ4n) is 0.838. The lowest BCUT2D eigenvalue weighted by atomic mass is 10.2. The lowest BCUT2D eigenvalue weighted by Crippen LogP contribution is -2.28. The summed E-state index contributed by atoms with van der Waals surface area (Å²) in [4.78, 5) is 10.6. The van der Waals surface area contributed by atoms with Crippen LogP contribution >= 0.6 is 0 Å². The summed E-state index contributed by atoms with van der Waals surface area (Å²) in [5.41, 5.74) is 2.66. The quantitative estimate of drug-likeness (QED) is 0.464. The van der Waals surface area contributed by atoms with Crippen molar-refractivity contribution >= 4 is 5.91 Å². The SMILES string of the molecule is CC1CN(C)NC1=O. The summed E-state index contributed by atoms with van der Waals surface area (Å²) in [6.07, 6.45) is 0. The van der Waals surface area contributed by atoms with Crippen LogP contribution in [0.15, 0.2) is 0 Å². The van der Waals surface area contributed by atoms with Gasteiger partial charge in [0, 0.05) is 13.6 Å². The van der Waals surface area contributed by atoms with Gasteiger partial charge in [0.15, 0.2) is 0 Å². The first-order valence-electron chi connectivity index (χ1n) is 2.72. The molecule has 1 fully saturated rings. The van der Waals surface area contributed by atoms with E-state index in [-0.39, 0.29) is 11.8 Å². The largest absolute Gasteiger partial charge is 0.289 e. The molecule has 1 saturated heterocycles. The maximum atomic E-state index is 10.6. The predicted molar refractivity (Wildman–Crippen MR) is 29.9 cm³/mol. The summed E-state index contributed by atoms with van der Waals surface area (Å²) < 4.78 is 0. The Morgan fingerprint density at radius 1 is 1.88 bits per heavy atom. The van der Waals surface area contributed by atoms with E-state index in [1.54, 1.807) is 5.01 Å². The van der Waals surface area contributed by atoms with Gasteiger partial charge in [-0.15, -0.1) is 0 Å². The average Bonchev–Trinajstić information content (AvgIpc) is 1.85. The Kier molecular flexibility index (Phi) is 1.21. The number of carbonyl (C=O) groups excluding carboxylic acids is 1. The van der Waals surface area contributed by atoms with Crippen LogP contribution in [0.5, 0.6) is 0 Å². The summed E-state index contributed by atoms with van der Waals surface area (Å²) >= 11 is 0. The monoisotopic (exact) mass is 114 g/mol. The number of amides is 1. The van der Waals surface area contributed by atoms with Gasteiger partial charge in [0.25, 0.3) is 0 Å². The van der Waals surface area contributed by atoms with E-state index in [1.807, 2.05) is 14.0 Å². The van der Waals surface area contributed by atoms with Crippen molar-refractivity contribution in [2.45, 2.75) is 6.92 Å². The van der Waals surface area contributed by atoms with E-state index in [1.165, 1.54) is 0 Å². The van der Waals surface area contributed by atoms with Crippen LogP contribution in [0.1, 0.15) is 6.92 Å². The van der Waals surface area contributed by atoms with Crippen molar-refractivity contribution in [1.82, 2.24) is 10.4 Å². The van der Waals surface area contributed by atoms with E-state index < -0.39 is 0 Å². The zero-order valence-corrected chi connectivity index (χ0v) is 5.14. The summed E-state index contributed by atoms with van der Waals surface area (Å²) in [5, 5.41) is 1.80. The third-order valence-corrected chi connectivity index (χ3v) is 1.30. The lowest BCUT2D eigenvalue weighted by Gasteiger charge is -2.03. The Morgan fingerprint density at radius 3 is 2.62 bits per heavy atom. The maximum Gasteiger partial charge on any atom is 0.238 e. The molecular formula is C5H10N2O. The molecule has 8 heavy (non-hydrogen) atoms. The Hall–Kier alpha value is -0.570. The zero-order valence-electron chi connectivity index (χ0n) is 5.14. The van der Waals surface area contributed by atoms with E-state index in [0.717, 1.165) is 6.54 Å². The fourth-order valence-corrected chi connectivity index (χ4v) is 0.838. The van der Waals surface area contributed by atoms with Gasteiger partial charge in [-0.2, -0.15) is 0 Å². The Balaban J connectivity index is 2.51. The van der Waals surface area contributed by atoms with Crippen molar-refractivity contribution in [3.05, 3.63) is 0 Å². The molecule has 3 nitrogen and oxygen atoms in total. The molecule has 0 radical (unpaired) electrons. The number of hydrazine groups is 1. The highest BCUT2D eigenvalue weighted by Crippen LogP contribution is 2.02. The van der Waals surface area contributed by atoms with Gasteiger partial charge in [0.1, 0.15) is 0 Å². The molecule has 0 spiro atoms. The van der Waals surface area contributed by atoms with E-state index >= 15 is 0 Å². The zero-order chi connectivity index (χ0) is 6.15. The normalized spacial score (nSPS) is 30.8. The average molecular weight is 114 g/mol. The van der Waals surface area contributed by atoms with Gasteiger partial charge in [-0.3, -0.25) is 10.2 Å². The first-order valence-corrected chi connectivity index (χ1v) is 2.72. The Labute approximate surface area is 48.6 Å². The molecule has 0 saturated carbocycles. The van der Waals surface area contributed by atoms with Crippen molar-refractivity contribution in [3.63, 3.8) is 0 Å². The van der Waals surface area contributed by atoms with Gasteiger partial charge in [0.05, 0.1) is 5.92 Å². The van der Waals surface area contributed by atoms with Crippen LogP contribution in [0.4, 0.5) is 0 Å². The number of hydrogen-bond acceptors (Lipinski definition) is 2. The number of rotatable bonds is 0. The smallest absolute Gasteiger partial charge is 0.238 e. The van der Waals surface area contributed by atoms with Crippen molar-refractivity contribution in [2.75, 3.05) is 13.6 Å². The minimum absolute atomic E-state index is 0.132. The molecule has 1 unspecified atom stereocenters. The van der Waals surface area contributed by atoms with Gasteiger partial charge in [-0.05, 0) is 0 Å². The van der Waals surface area contributed by atoms with Crippen LogP contribution in [0.3, 0.4) is 0 Å². The number of hydrogen-bond donors (Lipinski definition) is 1. The van der Waals surface area contributed by atoms with Crippen LogP contribution in [0, 0.1) is 5.92 Å². The topological polar surface area (TPSA) is 32.3 Å². The molecule has 1 amide bonds. The maximum absolute atomic E-state index is 10.6.